The Morgan fingerprint density at radius 3 is 1.80 bits per heavy atom. The summed E-state index contributed by atoms with van der Waals surface area (Å²) in [6.45, 7) is 0. The second-order valence-electron chi connectivity index (χ2n) is 14.1. The predicted octanol–water partition coefficient (Wildman–Crippen LogP) is 15.0. The lowest BCUT2D eigenvalue weighted by Crippen LogP contribution is -2.11. The molecule has 11 aromatic rings. The highest BCUT2D eigenvalue weighted by Gasteiger charge is 2.21. The molecule has 0 fully saturated rings. The van der Waals surface area contributed by atoms with Gasteiger partial charge in [0.2, 0.25) is 0 Å². The molecule has 0 unspecified atom stereocenters. The van der Waals surface area contributed by atoms with Gasteiger partial charge in [-0.25, -0.2) is 0 Å². The number of nitrogens with zero attached hydrogens (tertiary/aromatic N) is 1. The quantitative estimate of drug-likeness (QED) is 0.168. The fourth-order valence-corrected chi connectivity index (χ4v) is 8.51. The van der Waals surface area contributed by atoms with Crippen LogP contribution in [0.25, 0.3) is 87.3 Å². The van der Waals surface area contributed by atoms with Crippen molar-refractivity contribution in [3.63, 3.8) is 0 Å². The van der Waals surface area contributed by atoms with Crippen molar-refractivity contribution in [2.24, 2.45) is 0 Å². The van der Waals surface area contributed by atoms with Crippen LogP contribution in [0.3, 0.4) is 0 Å². The largest absolute Gasteiger partial charge is 0.456 e. The maximum atomic E-state index is 6.44. The topological polar surface area (TPSA) is 16.4 Å². The van der Waals surface area contributed by atoms with E-state index in [-0.39, 0.29) is 0 Å². The van der Waals surface area contributed by atoms with E-state index in [0.717, 1.165) is 50.0 Å². The van der Waals surface area contributed by atoms with Crippen molar-refractivity contribution >= 4 is 82.1 Å². The summed E-state index contributed by atoms with van der Waals surface area (Å²) < 4.78 is 6.44. The zero-order valence-electron chi connectivity index (χ0n) is 29.4. The summed E-state index contributed by atoms with van der Waals surface area (Å²) >= 11 is 0. The van der Waals surface area contributed by atoms with E-state index in [1.165, 1.54) is 54.4 Å². The van der Waals surface area contributed by atoms with E-state index in [1.54, 1.807) is 0 Å². The van der Waals surface area contributed by atoms with Crippen molar-refractivity contribution < 1.29 is 4.42 Å². The third-order valence-electron chi connectivity index (χ3n) is 11.0. The number of hydrogen-bond donors (Lipinski definition) is 0. The van der Waals surface area contributed by atoms with E-state index < -0.39 is 0 Å². The fourth-order valence-electron chi connectivity index (χ4n) is 8.51. The van der Waals surface area contributed by atoms with Gasteiger partial charge in [0, 0.05) is 27.4 Å². The fraction of sp³-hybridized carbons (Fsp3) is 0. The van der Waals surface area contributed by atoms with Crippen LogP contribution in [0, 0.1) is 0 Å². The zero-order chi connectivity index (χ0) is 35.6. The number of para-hydroxylation sites is 2. The van der Waals surface area contributed by atoms with E-state index >= 15 is 0 Å². The van der Waals surface area contributed by atoms with Crippen molar-refractivity contribution in [1.29, 1.82) is 0 Å². The van der Waals surface area contributed by atoms with Gasteiger partial charge < -0.3 is 9.32 Å². The molecule has 0 amide bonds. The lowest BCUT2D eigenvalue weighted by atomic mass is 9.90. The van der Waals surface area contributed by atoms with Crippen LogP contribution in [-0.2, 0) is 0 Å². The van der Waals surface area contributed by atoms with Gasteiger partial charge in [0.15, 0.2) is 0 Å². The molecule has 1 heterocycles. The van der Waals surface area contributed by atoms with Gasteiger partial charge in [-0.3, -0.25) is 0 Å². The Bertz CT molecular complexity index is 3200. The Labute approximate surface area is 312 Å². The van der Waals surface area contributed by atoms with Crippen molar-refractivity contribution in [2.75, 3.05) is 4.90 Å². The Morgan fingerprint density at radius 1 is 0.315 bits per heavy atom. The van der Waals surface area contributed by atoms with Crippen molar-refractivity contribution in [3.8, 4) is 22.3 Å². The number of furan rings is 1. The highest BCUT2D eigenvalue weighted by atomic mass is 16.3. The molecule has 0 spiro atoms. The molecule has 1 aromatic heterocycles. The van der Waals surface area contributed by atoms with Crippen molar-refractivity contribution in [3.05, 3.63) is 200 Å². The molecule has 0 radical (unpaired) electrons. The Hall–Kier alpha value is -7.16. The minimum Gasteiger partial charge on any atom is -0.456 e. The molecule has 0 aliphatic carbocycles. The highest BCUT2D eigenvalue weighted by Crippen LogP contribution is 2.46. The molecule has 10 aromatic carbocycles. The molecule has 2 nitrogen and oxygen atoms in total. The maximum Gasteiger partial charge on any atom is 0.136 e. The predicted molar refractivity (Wildman–Crippen MR) is 229 cm³/mol. The Morgan fingerprint density at radius 2 is 0.944 bits per heavy atom. The number of fused-ring (bicyclic) bond motifs is 9. The molecule has 0 bridgehead atoms. The summed E-state index contributed by atoms with van der Waals surface area (Å²) in [6.07, 6.45) is 0. The summed E-state index contributed by atoms with van der Waals surface area (Å²) in [7, 11) is 0. The summed E-state index contributed by atoms with van der Waals surface area (Å²) in [5.74, 6) is 0. The number of anilines is 3. The van der Waals surface area contributed by atoms with Crippen LogP contribution in [-0.4, -0.2) is 0 Å². The van der Waals surface area contributed by atoms with Crippen LogP contribution < -0.4 is 4.90 Å². The van der Waals surface area contributed by atoms with Gasteiger partial charge in [-0.15, -0.1) is 0 Å². The van der Waals surface area contributed by atoms with Crippen LogP contribution in [0.4, 0.5) is 17.1 Å². The molecule has 0 saturated heterocycles. The third-order valence-corrected chi connectivity index (χ3v) is 11.0. The minimum absolute atomic E-state index is 0.887. The first-order chi connectivity index (χ1) is 26.8. The van der Waals surface area contributed by atoms with Crippen LogP contribution >= 0.6 is 0 Å². The summed E-state index contributed by atoms with van der Waals surface area (Å²) in [6, 6.07) is 72.3. The summed E-state index contributed by atoms with van der Waals surface area (Å²) in [5, 5.41) is 12.2. The molecule has 0 N–H and O–H groups in total. The average Bonchev–Trinajstić information content (AvgIpc) is 3.61. The molecule has 11 rings (SSSR count). The third kappa shape index (κ3) is 4.81. The zero-order valence-corrected chi connectivity index (χ0v) is 29.4. The molecular formula is C52H33NO. The van der Waals surface area contributed by atoms with Gasteiger partial charge >= 0.3 is 0 Å². The number of hydrogen-bond acceptors (Lipinski definition) is 2. The lowest BCUT2D eigenvalue weighted by Gasteiger charge is -2.29. The van der Waals surface area contributed by atoms with Crippen LogP contribution in [0.5, 0.6) is 0 Å². The molecule has 0 aliphatic rings. The van der Waals surface area contributed by atoms with Crippen LogP contribution in [0.1, 0.15) is 0 Å². The number of benzene rings is 10. The average molecular weight is 688 g/mol. The van der Waals surface area contributed by atoms with E-state index in [0.29, 0.717) is 0 Å². The van der Waals surface area contributed by atoms with Crippen molar-refractivity contribution in [2.45, 2.75) is 0 Å². The molecule has 54 heavy (non-hydrogen) atoms. The maximum absolute atomic E-state index is 6.44. The van der Waals surface area contributed by atoms with E-state index in [9.17, 15) is 0 Å². The molecule has 0 atom stereocenters. The SMILES string of the molecule is c1ccc(-c2ccccc2N(c2ccc(-c3cc4ccccc4c4c3ccc3ccccc34)cc2)c2cccc3cc4c(cc23)oc2ccccc24)cc1. The van der Waals surface area contributed by atoms with E-state index in [2.05, 4.69) is 193 Å². The first kappa shape index (κ1) is 30.5. The number of rotatable bonds is 5. The second kappa shape index (κ2) is 12.2. The monoisotopic (exact) mass is 687 g/mol. The van der Waals surface area contributed by atoms with Crippen LogP contribution in [0.15, 0.2) is 205 Å². The van der Waals surface area contributed by atoms with Crippen LogP contribution in [0.2, 0.25) is 0 Å². The molecule has 2 heteroatoms. The summed E-state index contributed by atoms with van der Waals surface area (Å²) in [4.78, 5) is 2.41. The molecule has 252 valence electrons. The standard InChI is InChI=1S/C52H33NO/c1-2-13-34(14-3-1)40-18-8-10-22-48(40)53(49-23-12-17-38-32-47-43-21-9-11-24-50(43)54-51(47)33-46(38)49)39-28-25-36(26-29-39)45-31-37-16-5-7-20-42(37)52-41-19-6-4-15-35(41)27-30-44(45)52/h1-33H. The first-order valence-electron chi connectivity index (χ1n) is 18.5. The Balaban J connectivity index is 1.14. The first-order valence-corrected chi connectivity index (χ1v) is 18.5. The van der Waals surface area contributed by atoms with Crippen molar-refractivity contribution in [1.82, 2.24) is 0 Å². The lowest BCUT2D eigenvalue weighted by molar-refractivity contribution is 0.669. The second-order valence-corrected chi connectivity index (χ2v) is 14.1. The van der Waals surface area contributed by atoms with Gasteiger partial charge in [-0.1, -0.05) is 152 Å². The molecule has 0 aliphatic heterocycles. The summed E-state index contributed by atoms with van der Waals surface area (Å²) in [5.41, 5.74) is 9.82. The Kier molecular flexibility index (Phi) is 6.90. The van der Waals surface area contributed by atoms with Gasteiger partial charge in [-0.05, 0) is 103 Å². The normalized spacial score (nSPS) is 11.7. The van der Waals surface area contributed by atoms with Gasteiger partial charge in [0.25, 0.3) is 0 Å². The smallest absolute Gasteiger partial charge is 0.136 e. The van der Waals surface area contributed by atoms with E-state index in [4.69, 9.17) is 4.42 Å². The minimum atomic E-state index is 0.887. The van der Waals surface area contributed by atoms with Gasteiger partial charge in [0.05, 0.1) is 11.4 Å². The van der Waals surface area contributed by atoms with Gasteiger partial charge in [0.1, 0.15) is 11.2 Å². The highest BCUT2D eigenvalue weighted by molar-refractivity contribution is 6.24. The molecular weight excluding hydrogens is 655 g/mol. The van der Waals surface area contributed by atoms with Gasteiger partial charge in [-0.2, -0.15) is 0 Å². The molecule has 0 saturated carbocycles. The van der Waals surface area contributed by atoms with E-state index in [1.807, 2.05) is 12.1 Å².